The smallest absolute Gasteiger partial charge is 0.295 e. The van der Waals surface area contributed by atoms with Crippen molar-refractivity contribution in [2.75, 3.05) is 10.6 Å². The molecule has 8 heteroatoms. The van der Waals surface area contributed by atoms with Gasteiger partial charge in [-0.05, 0) is 50.2 Å². The van der Waals surface area contributed by atoms with Crippen molar-refractivity contribution in [2.45, 2.75) is 20.0 Å². The van der Waals surface area contributed by atoms with Crippen molar-refractivity contribution < 1.29 is 14.3 Å². The number of ether oxygens (including phenoxy) is 1. The quantitative estimate of drug-likeness (QED) is 0.424. The molecule has 0 aliphatic heterocycles. The lowest BCUT2D eigenvalue weighted by Gasteiger charge is -2.17. The first-order chi connectivity index (χ1) is 16.9. The molecule has 0 unspecified atom stereocenters. The fourth-order valence-electron chi connectivity index (χ4n) is 3.66. The van der Waals surface area contributed by atoms with E-state index in [0.29, 0.717) is 22.6 Å². The predicted molar refractivity (Wildman–Crippen MR) is 135 cm³/mol. The van der Waals surface area contributed by atoms with Crippen LogP contribution in [0.3, 0.4) is 0 Å². The summed E-state index contributed by atoms with van der Waals surface area (Å²) in [5, 5.41) is 5.51. The standard InChI is InChI=1S/C27H26N4O4/c1-18-24(27(34)31(30(18)3)21-14-8-5-9-15-21)29-25(32)19(2)35-23-17-11-10-16-22(23)26(33)28-20-12-6-4-7-13-20/h4-17,19H,1-3H3,(H,28,33)(H,29,32)/t19-/m1/s1. The van der Waals surface area contributed by atoms with Gasteiger partial charge in [-0.15, -0.1) is 0 Å². The molecule has 2 amide bonds. The first-order valence-electron chi connectivity index (χ1n) is 11.1. The Morgan fingerprint density at radius 2 is 1.46 bits per heavy atom. The minimum Gasteiger partial charge on any atom is -0.480 e. The summed E-state index contributed by atoms with van der Waals surface area (Å²) < 4.78 is 9.02. The highest BCUT2D eigenvalue weighted by molar-refractivity contribution is 6.06. The van der Waals surface area contributed by atoms with Crippen LogP contribution < -0.4 is 20.9 Å². The Bertz CT molecular complexity index is 1410. The Kier molecular flexibility index (Phi) is 6.82. The predicted octanol–water partition coefficient (Wildman–Crippen LogP) is 4.14. The van der Waals surface area contributed by atoms with Crippen molar-refractivity contribution >= 4 is 23.2 Å². The summed E-state index contributed by atoms with van der Waals surface area (Å²) in [5.74, 6) is -0.603. The zero-order valence-corrected chi connectivity index (χ0v) is 19.7. The van der Waals surface area contributed by atoms with Gasteiger partial charge in [0.1, 0.15) is 11.4 Å². The minimum absolute atomic E-state index is 0.173. The number of hydrogen-bond donors (Lipinski definition) is 2. The molecule has 3 aromatic carbocycles. The van der Waals surface area contributed by atoms with Crippen LogP contribution in [-0.2, 0) is 11.8 Å². The number of nitrogens with zero attached hydrogens (tertiary/aromatic N) is 2. The van der Waals surface area contributed by atoms with Crippen LogP contribution in [0.4, 0.5) is 11.4 Å². The van der Waals surface area contributed by atoms with E-state index in [4.69, 9.17) is 4.74 Å². The fraction of sp³-hybridized carbons (Fsp3) is 0.148. The summed E-state index contributed by atoms with van der Waals surface area (Å²) in [4.78, 5) is 38.8. The van der Waals surface area contributed by atoms with Crippen molar-refractivity contribution in [1.82, 2.24) is 9.36 Å². The highest BCUT2D eigenvalue weighted by atomic mass is 16.5. The van der Waals surface area contributed by atoms with Crippen LogP contribution in [0.15, 0.2) is 89.7 Å². The number of rotatable bonds is 7. The van der Waals surface area contributed by atoms with Gasteiger partial charge < -0.3 is 15.4 Å². The summed E-state index contributed by atoms with van der Waals surface area (Å²) in [6, 6.07) is 24.9. The number of carbonyl (C=O) groups excluding carboxylic acids is 2. The number of hydrogen-bond acceptors (Lipinski definition) is 4. The molecule has 0 fully saturated rings. The van der Waals surface area contributed by atoms with Crippen molar-refractivity contribution in [3.05, 3.63) is 107 Å². The van der Waals surface area contributed by atoms with E-state index in [1.165, 1.54) is 4.68 Å². The lowest BCUT2D eigenvalue weighted by atomic mass is 10.1. The normalized spacial score (nSPS) is 11.5. The molecule has 8 nitrogen and oxygen atoms in total. The molecule has 1 heterocycles. The lowest BCUT2D eigenvalue weighted by molar-refractivity contribution is -0.122. The molecule has 4 aromatic rings. The van der Waals surface area contributed by atoms with E-state index < -0.39 is 12.0 Å². The number of benzene rings is 3. The molecule has 0 aliphatic carbocycles. The summed E-state index contributed by atoms with van der Waals surface area (Å²) >= 11 is 0. The van der Waals surface area contributed by atoms with Crippen molar-refractivity contribution in [3.8, 4) is 11.4 Å². The van der Waals surface area contributed by atoms with Crippen LogP contribution >= 0.6 is 0 Å². The monoisotopic (exact) mass is 470 g/mol. The average Bonchev–Trinajstić information content (AvgIpc) is 3.08. The fourth-order valence-corrected chi connectivity index (χ4v) is 3.66. The Morgan fingerprint density at radius 1 is 0.857 bits per heavy atom. The Balaban J connectivity index is 1.52. The summed E-state index contributed by atoms with van der Waals surface area (Å²) in [7, 11) is 1.75. The van der Waals surface area contributed by atoms with Gasteiger partial charge in [-0.3, -0.25) is 19.1 Å². The number of carbonyl (C=O) groups is 2. The second-order valence-electron chi connectivity index (χ2n) is 8.00. The van der Waals surface area contributed by atoms with Gasteiger partial charge in [0, 0.05) is 12.7 Å². The maximum absolute atomic E-state index is 13.1. The highest BCUT2D eigenvalue weighted by Gasteiger charge is 2.23. The molecular weight excluding hydrogens is 444 g/mol. The molecule has 2 N–H and O–H groups in total. The number of para-hydroxylation sites is 3. The molecule has 0 spiro atoms. The highest BCUT2D eigenvalue weighted by Crippen LogP contribution is 2.22. The van der Waals surface area contributed by atoms with E-state index in [0.717, 1.165) is 0 Å². The largest absolute Gasteiger partial charge is 0.480 e. The topological polar surface area (TPSA) is 94.4 Å². The van der Waals surface area contributed by atoms with E-state index in [-0.39, 0.29) is 22.9 Å². The SMILES string of the molecule is Cc1c(NC(=O)[C@@H](C)Oc2ccccc2C(=O)Nc2ccccc2)c(=O)n(-c2ccccc2)n1C. The molecule has 1 aromatic heterocycles. The first-order valence-corrected chi connectivity index (χ1v) is 11.1. The minimum atomic E-state index is -0.968. The average molecular weight is 471 g/mol. The van der Waals surface area contributed by atoms with Crippen LogP contribution in [0.1, 0.15) is 23.0 Å². The zero-order valence-electron chi connectivity index (χ0n) is 19.7. The van der Waals surface area contributed by atoms with Crippen molar-refractivity contribution in [2.24, 2.45) is 7.05 Å². The van der Waals surface area contributed by atoms with Gasteiger partial charge in [-0.25, -0.2) is 4.68 Å². The third-order valence-electron chi connectivity index (χ3n) is 5.64. The van der Waals surface area contributed by atoms with Gasteiger partial charge in [0.05, 0.1) is 16.9 Å². The van der Waals surface area contributed by atoms with Crippen LogP contribution in [0.2, 0.25) is 0 Å². The maximum atomic E-state index is 13.1. The van der Waals surface area contributed by atoms with Crippen LogP contribution in [0.25, 0.3) is 5.69 Å². The van der Waals surface area contributed by atoms with E-state index in [1.807, 2.05) is 48.5 Å². The van der Waals surface area contributed by atoms with Crippen LogP contribution in [0, 0.1) is 6.92 Å². The summed E-state index contributed by atoms with van der Waals surface area (Å²) in [5.41, 5.74) is 2.05. The number of aromatic nitrogens is 2. The zero-order chi connectivity index (χ0) is 24.9. The molecule has 35 heavy (non-hydrogen) atoms. The molecular formula is C27H26N4O4. The molecule has 0 aliphatic rings. The van der Waals surface area contributed by atoms with Crippen LogP contribution in [0.5, 0.6) is 5.75 Å². The van der Waals surface area contributed by atoms with E-state index in [1.54, 1.807) is 62.0 Å². The molecule has 0 saturated carbocycles. The van der Waals surface area contributed by atoms with Gasteiger partial charge in [-0.1, -0.05) is 48.5 Å². The van der Waals surface area contributed by atoms with E-state index in [2.05, 4.69) is 10.6 Å². The summed E-state index contributed by atoms with van der Waals surface area (Å²) in [6.45, 7) is 3.32. The second kappa shape index (κ2) is 10.1. The van der Waals surface area contributed by atoms with E-state index in [9.17, 15) is 14.4 Å². The van der Waals surface area contributed by atoms with Crippen LogP contribution in [-0.4, -0.2) is 27.3 Å². The maximum Gasteiger partial charge on any atom is 0.295 e. The molecule has 4 rings (SSSR count). The number of nitrogens with one attached hydrogen (secondary N) is 2. The molecule has 1 atom stereocenters. The Morgan fingerprint density at radius 3 is 2.14 bits per heavy atom. The van der Waals surface area contributed by atoms with Gasteiger partial charge in [0.25, 0.3) is 17.4 Å². The molecule has 0 bridgehead atoms. The molecule has 0 radical (unpaired) electrons. The number of anilines is 2. The van der Waals surface area contributed by atoms with Crippen molar-refractivity contribution in [1.29, 1.82) is 0 Å². The lowest BCUT2D eigenvalue weighted by Crippen LogP contribution is -2.33. The first kappa shape index (κ1) is 23.6. The van der Waals surface area contributed by atoms with Gasteiger partial charge in [0.2, 0.25) is 0 Å². The third-order valence-corrected chi connectivity index (χ3v) is 5.64. The molecule has 178 valence electrons. The van der Waals surface area contributed by atoms with Crippen molar-refractivity contribution in [3.63, 3.8) is 0 Å². The molecule has 0 saturated heterocycles. The Labute approximate surface area is 202 Å². The summed E-state index contributed by atoms with van der Waals surface area (Å²) in [6.07, 6.45) is -0.968. The number of amides is 2. The van der Waals surface area contributed by atoms with Gasteiger partial charge >= 0.3 is 0 Å². The van der Waals surface area contributed by atoms with Gasteiger partial charge in [-0.2, -0.15) is 0 Å². The van der Waals surface area contributed by atoms with E-state index >= 15 is 0 Å². The third kappa shape index (κ3) is 5.01. The Hall–Kier alpha value is -4.59. The van der Waals surface area contributed by atoms with Gasteiger partial charge in [0.15, 0.2) is 6.10 Å². The second-order valence-corrected chi connectivity index (χ2v) is 8.00.